The summed E-state index contributed by atoms with van der Waals surface area (Å²) in [6.45, 7) is 9.36. The third-order valence-corrected chi connectivity index (χ3v) is 12.5. The number of para-hydroxylation sites is 2. The topological polar surface area (TPSA) is 133 Å². The van der Waals surface area contributed by atoms with Crippen LogP contribution >= 0.6 is 12.6 Å². The molecule has 14 nitrogen and oxygen atoms in total. The normalized spacial score (nSPS) is 14.9. The first-order chi connectivity index (χ1) is 33.0. The van der Waals surface area contributed by atoms with Crippen molar-refractivity contribution in [1.29, 1.82) is 0 Å². The molecule has 1 atom stereocenters. The fraction of sp³-hybridized carbons (Fsp3) is 0.396. The van der Waals surface area contributed by atoms with Gasteiger partial charge in [0.2, 0.25) is 0 Å². The van der Waals surface area contributed by atoms with E-state index in [0.29, 0.717) is 105 Å². The Morgan fingerprint density at radius 2 is 1.44 bits per heavy atom. The van der Waals surface area contributed by atoms with Crippen LogP contribution in [0.25, 0.3) is 0 Å². The first-order valence-corrected chi connectivity index (χ1v) is 23.6. The standard InChI is InChI=1S/C53H63N5O9S/c1-53(2,68)34-56(17-18-64-21-22-65-20-19-61-4)39-24-35(32-66-49-29-43(54-3)41(27-47(49)62-5)51(59)57-16-15-37-11-7-9-13-45(37)57)23-36(25-39)33-67-50-30-44-42(28-48(50)63-6)52(60)58-40(31-55-44)26-38-12-8-10-14-46(38)58/h7-14,23-25,27-30,40,54-55,68H,15-22,26,31-34H2,1-6H3/t40-/m0/s1. The summed E-state index contributed by atoms with van der Waals surface area (Å²) >= 11 is 4.94. The minimum atomic E-state index is -0.351. The van der Waals surface area contributed by atoms with Crippen LogP contribution in [0, 0.1) is 0 Å². The van der Waals surface area contributed by atoms with Gasteiger partial charge in [-0.1, -0.05) is 36.4 Å². The second-order valence-corrected chi connectivity index (χ2v) is 19.0. The van der Waals surface area contributed by atoms with Crippen molar-refractivity contribution in [3.05, 3.63) is 124 Å². The van der Waals surface area contributed by atoms with E-state index < -0.39 is 0 Å². The van der Waals surface area contributed by atoms with Crippen LogP contribution in [0.5, 0.6) is 23.0 Å². The summed E-state index contributed by atoms with van der Waals surface area (Å²) in [6.07, 6.45) is 1.58. The molecular weight excluding hydrogens is 883 g/mol. The number of ether oxygens (including phenoxy) is 7. The predicted octanol–water partition coefficient (Wildman–Crippen LogP) is 8.30. The van der Waals surface area contributed by atoms with Crippen LogP contribution in [-0.4, -0.2) is 110 Å². The fourth-order valence-electron chi connectivity index (χ4n) is 9.14. The minimum absolute atomic E-state index is 0.00540. The summed E-state index contributed by atoms with van der Waals surface area (Å²) in [5.41, 5.74) is 9.20. The van der Waals surface area contributed by atoms with Gasteiger partial charge in [-0.15, -0.1) is 0 Å². The van der Waals surface area contributed by atoms with Gasteiger partial charge < -0.3 is 58.5 Å². The zero-order valence-electron chi connectivity index (χ0n) is 39.9. The first-order valence-electron chi connectivity index (χ1n) is 23.2. The molecule has 0 radical (unpaired) electrons. The summed E-state index contributed by atoms with van der Waals surface area (Å²) in [5.74, 6) is 1.68. The molecule has 0 spiro atoms. The van der Waals surface area contributed by atoms with Gasteiger partial charge in [0.15, 0.2) is 23.0 Å². The van der Waals surface area contributed by atoms with E-state index in [1.807, 2.05) is 58.3 Å². The van der Waals surface area contributed by atoms with Crippen LogP contribution in [0.1, 0.15) is 56.8 Å². The lowest BCUT2D eigenvalue weighted by Gasteiger charge is -2.32. The number of benzene rings is 5. The van der Waals surface area contributed by atoms with Gasteiger partial charge in [0.1, 0.15) is 13.2 Å². The highest BCUT2D eigenvalue weighted by molar-refractivity contribution is 7.81. The Labute approximate surface area is 405 Å². The lowest BCUT2D eigenvalue weighted by molar-refractivity contribution is 0.0264. The molecule has 3 aliphatic rings. The van der Waals surface area contributed by atoms with E-state index in [4.69, 9.17) is 45.8 Å². The predicted molar refractivity (Wildman–Crippen MR) is 270 cm³/mol. The Balaban J connectivity index is 1.06. The average Bonchev–Trinajstić information content (AvgIpc) is 3.92. The molecule has 15 heteroatoms. The number of methoxy groups -OCH3 is 3. The number of amides is 2. The van der Waals surface area contributed by atoms with Crippen molar-refractivity contribution < 1.29 is 42.7 Å². The number of nitrogens with zero attached hydrogens (tertiary/aromatic N) is 3. The van der Waals surface area contributed by atoms with E-state index in [1.54, 1.807) is 40.5 Å². The molecule has 0 aliphatic carbocycles. The Kier molecular flexibility index (Phi) is 15.5. The maximum absolute atomic E-state index is 14.1. The van der Waals surface area contributed by atoms with Crippen molar-refractivity contribution in [2.24, 2.45) is 0 Å². The maximum Gasteiger partial charge on any atom is 0.260 e. The molecular formula is C53H63N5O9S. The number of thiol groups is 1. The molecule has 68 heavy (non-hydrogen) atoms. The number of carbonyl (C=O) groups is 2. The number of nitrogens with one attached hydrogen (secondary N) is 2. The van der Waals surface area contributed by atoms with E-state index in [2.05, 4.69) is 59.7 Å². The summed E-state index contributed by atoms with van der Waals surface area (Å²) in [4.78, 5) is 34.2. The van der Waals surface area contributed by atoms with Crippen molar-refractivity contribution in [3.63, 3.8) is 0 Å². The van der Waals surface area contributed by atoms with E-state index in [-0.39, 0.29) is 35.8 Å². The second-order valence-electron chi connectivity index (χ2n) is 17.8. The van der Waals surface area contributed by atoms with Crippen LogP contribution in [0.4, 0.5) is 28.4 Å². The molecule has 0 saturated heterocycles. The number of carbonyl (C=O) groups excluding carboxylic acids is 2. The Bertz CT molecular complexity index is 2580. The maximum atomic E-state index is 14.1. The first kappa shape index (κ1) is 48.3. The van der Waals surface area contributed by atoms with Crippen molar-refractivity contribution >= 4 is 52.9 Å². The largest absolute Gasteiger partial charge is 0.493 e. The number of hydrogen-bond donors (Lipinski definition) is 3. The van der Waals surface area contributed by atoms with Gasteiger partial charge in [-0.3, -0.25) is 9.59 Å². The van der Waals surface area contributed by atoms with E-state index in [9.17, 15) is 9.59 Å². The van der Waals surface area contributed by atoms with Crippen LogP contribution in [0.2, 0.25) is 0 Å². The lowest BCUT2D eigenvalue weighted by atomic mass is 10.1. The molecule has 8 rings (SSSR count). The Hall–Kier alpha value is -6.13. The highest BCUT2D eigenvalue weighted by atomic mass is 32.1. The van der Waals surface area contributed by atoms with Gasteiger partial charge in [-0.25, -0.2) is 0 Å². The zero-order chi connectivity index (χ0) is 47.8. The third-order valence-electron chi connectivity index (χ3n) is 12.4. The van der Waals surface area contributed by atoms with Gasteiger partial charge in [-0.2, -0.15) is 12.6 Å². The highest BCUT2D eigenvalue weighted by Crippen LogP contribution is 2.42. The molecule has 3 heterocycles. The molecule has 0 unspecified atom stereocenters. The Morgan fingerprint density at radius 3 is 2.13 bits per heavy atom. The Morgan fingerprint density at radius 1 is 0.794 bits per heavy atom. The SMILES string of the molecule is CNc1cc(OCc2cc(COc3cc4c(cc3OC)C(=O)N3c5ccccc5C[C@H]3CN4)cc(N(CCOCCOCCOC)CC(C)(C)S)c2)c(OC)cc1C(=O)N1CCc2ccccc21. The number of rotatable bonds is 22. The van der Waals surface area contributed by atoms with Crippen molar-refractivity contribution in [2.45, 2.75) is 50.7 Å². The second kappa shape index (κ2) is 21.9. The fourth-order valence-corrected chi connectivity index (χ4v) is 9.31. The summed E-state index contributed by atoms with van der Waals surface area (Å²) in [6, 6.07) is 29.6. The van der Waals surface area contributed by atoms with Crippen LogP contribution < -0.4 is 44.3 Å². The molecule has 0 fully saturated rings. The van der Waals surface area contributed by atoms with Gasteiger partial charge in [0.25, 0.3) is 11.8 Å². The molecule has 2 N–H and O–H groups in total. The molecule has 360 valence electrons. The molecule has 0 bridgehead atoms. The van der Waals surface area contributed by atoms with Gasteiger partial charge in [-0.05, 0) is 91.4 Å². The van der Waals surface area contributed by atoms with Crippen LogP contribution in [0.3, 0.4) is 0 Å². The zero-order valence-corrected chi connectivity index (χ0v) is 40.8. The molecule has 2 amide bonds. The van der Waals surface area contributed by atoms with Gasteiger partial charge in [0.05, 0.1) is 75.8 Å². The van der Waals surface area contributed by atoms with E-state index >= 15 is 0 Å². The molecule has 5 aromatic carbocycles. The minimum Gasteiger partial charge on any atom is -0.493 e. The van der Waals surface area contributed by atoms with Crippen molar-refractivity contribution in [2.75, 3.05) is 113 Å². The monoisotopic (exact) mass is 945 g/mol. The number of fused-ring (bicyclic) bond motifs is 5. The van der Waals surface area contributed by atoms with Gasteiger partial charge in [0, 0.05) is 74.3 Å². The van der Waals surface area contributed by atoms with Crippen molar-refractivity contribution in [1.82, 2.24) is 0 Å². The summed E-state index contributed by atoms with van der Waals surface area (Å²) in [5, 5.41) is 6.75. The average molecular weight is 946 g/mol. The van der Waals surface area contributed by atoms with Crippen LogP contribution in [-0.2, 0) is 40.3 Å². The molecule has 3 aliphatic heterocycles. The van der Waals surface area contributed by atoms with Crippen LogP contribution in [0.15, 0.2) is 91.0 Å². The molecule has 0 saturated carbocycles. The highest BCUT2D eigenvalue weighted by Gasteiger charge is 2.38. The third kappa shape index (κ3) is 11.1. The van der Waals surface area contributed by atoms with Gasteiger partial charge >= 0.3 is 0 Å². The quantitative estimate of drug-likeness (QED) is 0.0456. The van der Waals surface area contributed by atoms with E-state index in [0.717, 1.165) is 46.6 Å². The number of anilines is 5. The van der Waals surface area contributed by atoms with Crippen molar-refractivity contribution in [3.8, 4) is 23.0 Å². The number of hydrogen-bond acceptors (Lipinski definition) is 13. The molecule has 0 aromatic heterocycles. The molecule has 5 aromatic rings. The van der Waals surface area contributed by atoms with E-state index in [1.165, 1.54) is 5.56 Å². The summed E-state index contributed by atoms with van der Waals surface area (Å²) < 4.78 is 41.3. The summed E-state index contributed by atoms with van der Waals surface area (Å²) in [7, 11) is 6.60. The lowest BCUT2D eigenvalue weighted by Crippen LogP contribution is -2.39. The smallest absolute Gasteiger partial charge is 0.260 e.